The first-order chi connectivity index (χ1) is 7.00. The molecule has 3 heteroatoms. The molecule has 2 aromatic rings. The van der Waals surface area contributed by atoms with E-state index < -0.39 is 0 Å². The number of nitrogens with one attached hydrogen (secondary N) is 1. The fourth-order valence-corrected chi connectivity index (χ4v) is 2.31. The number of benzene rings is 1. The summed E-state index contributed by atoms with van der Waals surface area (Å²) in [5, 5.41) is 1.22. The lowest BCUT2D eigenvalue weighted by atomic mass is 10.0. The Kier molecular flexibility index (Phi) is 2.51. The molecule has 0 unspecified atom stereocenters. The van der Waals surface area contributed by atoms with E-state index in [1.165, 1.54) is 16.6 Å². The molecule has 0 spiro atoms. The first kappa shape index (κ1) is 10.6. The zero-order valence-corrected chi connectivity index (χ0v) is 10.8. The molecule has 2 rings (SSSR count). The van der Waals surface area contributed by atoms with Gasteiger partial charge in [0.25, 0.3) is 0 Å². The number of hydrogen-bond acceptors (Lipinski definition) is 1. The number of aryl methyl sites for hydroxylation is 1. The Balaban J connectivity index is 2.77. The number of aromatic nitrogens is 1. The second kappa shape index (κ2) is 3.56. The fourth-order valence-electron chi connectivity index (χ4n) is 1.96. The Labute approximate surface area is 98.0 Å². The minimum atomic E-state index is 0.511. The molecular weight excluding hydrogens is 252 g/mol. The number of fused-ring (bicyclic) bond motifs is 1. The van der Waals surface area contributed by atoms with Crippen molar-refractivity contribution in [3.8, 4) is 0 Å². The van der Waals surface area contributed by atoms with Crippen molar-refractivity contribution < 1.29 is 0 Å². The lowest BCUT2D eigenvalue weighted by molar-refractivity contribution is 0.828. The van der Waals surface area contributed by atoms with Gasteiger partial charge >= 0.3 is 0 Å². The summed E-state index contributed by atoms with van der Waals surface area (Å²) in [5.74, 6) is 0.511. The van der Waals surface area contributed by atoms with Crippen molar-refractivity contribution in [2.75, 3.05) is 5.73 Å². The van der Waals surface area contributed by atoms with Crippen LogP contribution in [0.4, 0.5) is 5.69 Å². The van der Waals surface area contributed by atoms with Gasteiger partial charge in [0.05, 0.1) is 0 Å². The maximum absolute atomic E-state index is 5.88. The predicted octanol–water partition coefficient (Wildman–Crippen LogP) is 3.94. The quantitative estimate of drug-likeness (QED) is 0.755. The van der Waals surface area contributed by atoms with Gasteiger partial charge in [0.2, 0.25) is 0 Å². The molecule has 1 aromatic carbocycles. The van der Waals surface area contributed by atoms with E-state index in [4.69, 9.17) is 5.73 Å². The third-order valence-corrected chi connectivity index (χ3v) is 3.48. The molecule has 2 nitrogen and oxygen atoms in total. The van der Waals surface area contributed by atoms with Gasteiger partial charge in [-0.2, -0.15) is 0 Å². The summed E-state index contributed by atoms with van der Waals surface area (Å²) in [5.41, 5.74) is 10.4. The standard InChI is InChI=1S/C12H15BrN2/c1-6(2)12-7(3)8-4-10(14)9(13)5-11(8)15-12/h4-6,15H,14H2,1-3H3. The lowest BCUT2D eigenvalue weighted by Gasteiger charge is -2.02. The van der Waals surface area contributed by atoms with E-state index in [1.807, 2.05) is 12.1 Å². The van der Waals surface area contributed by atoms with Crippen LogP contribution in [0.5, 0.6) is 0 Å². The van der Waals surface area contributed by atoms with Crippen molar-refractivity contribution >= 4 is 32.5 Å². The van der Waals surface area contributed by atoms with Gasteiger partial charge in [-0.25, -0.2) is 0 Å². The third kappa shape index (κ3) is 1.65. The van der Waals surface area contributed by atoms with Crippen molar-refractivity contribution in [3.63, 3.8) is 0 Å². The lowest BCUT2D eigenvalue weighted by Crippen LogP contribution is -1.89. The summed E-state index contributed by atoms with van der Waals surface area (Å²) in [7, 11) is 0. The molecule has 0 saturated heterocycles. The van der Waals surface area contributed by atoms with Gasteiger partial charge in [0, 0.05) is 26.8 Å². The average Bonchev–Trinajstić information content (AvgIpc) is 2.46. The maximum atomic E-state index is 5.88. The number of nitrogens with two attached hydrogens (primary N) is 1. The molecule has 0 radical (unpaired) electrons. The van der Waals surface area contributed by atoms with E-state index >= 15 is 0 Å². The van der Waals surface area contributed by atoms with E-state index in [0.29, 0.717) is 5.92 Å². The van der Waals surface area contributed by atoms with E-state index in [0.717, 1.165) is 15.7 Å². The van der Waals surface area contributed by atoms with Gasteiger partial charge < -0.3 is 10.7 Å². The van der Waals surface area contributed by atoms with Gasteiger partial charge in [0.1, 0.15) is 0 Å². The van der Waals surface area contributed by atoms with Crippen LogP contribution < -0.4 is 5.73 Å². The molecule has 0 fully saturated rings. The van der Waals surface area contributed by atoms with Gasteiger partial charge in [-0.05, 0) is 46.5 Å². The molecular formula is C12H15BrN2. The molecule has 0 aliphatic heterocycles. The molecule has 3 N–H and O–H groups in total. The highest BCUT2D eigenvalue weighted by Gasteiger charge is 2.11. The maximum Gasteiger partial charge on any atom is 0.0471 e. The second-order valence-corrected chi connectivity index (χ2v) is 5.09. The zero-order chi connectivity index (χ0) is 11.2. The Morgan fingerprint density at radius 2 is 2.00 bits per heavy atom. The van der Waals surface area contributed by atoms with Crippen molar-refractivity contribution in [2.45, 2.75) is 26.7 Å². The molecule has 15 heavy (non-hydrogen) atoms. The summed E-state index contributed by atoms with van der Waals surface area (Å²) >= 11 is 3.44. The van der Waals surface area contributed by atoms with Gasteiger partial charge in [-0.1, -0.05) is 13.8 Å². The smallest absolute Gasteiger partial charge is 0.0471 e. The van der Waals surface area contributed by atoms with E-state index in [2.05, 4.69) is 41.7 Å². The Bertz CT molecular complexity index is 512. The van der Waals surface area contributed by atoms with E-state index in [9.17, 15) is 0 Å². The largest absolute Gasteiger partial charge is 0.398 e. The highest BCUT2D eigenvalue weighted by atomic mass is 79.9. The van der Waals surface area contributed by atoms with Crippen molar-refractivity contribution in [3.05, 3.63) is 27.9 Å². The number of halogens is 1. The first-order valence-electron chi connectivity index (χ1n) is 5.08. The van der Waals surface area contributed by atoms with Crippen LogP contribution in [0, 0.1) is 6.92 Å². The number of rotatable bonds is 1. The number of aromatic amines is 1. The molecule has 80 valence electrons. The van der Waals surface area contributed by atoms with Crippen LogP contribution in [0.2, 0.25) is 0 Å². The molecule has 0 aliphatic rings. The molecule has 1 heterocycles. The minimum absolute atomic E-state index is 0.511. The van der Waals surface area contributed by atoms with Crippen LogP contribution >= 0.6 is 15.9 Å². The summed E-state index contributed by atoms with van der Waals surface area (Å²) in [6.45, 7) is 6.52. The van der Waals surface area contributed by atoms with Crippen LogP contribution in [0.15, 0.2) is 16.6 Å². The molecule has 0 aliphatic carbocycles. The molecule has 0 saturated carbocycles. The topological polar surface area (TPSA) is 41.8 Å². The van der Waals surface area contributed by atoms with Crippen LogP contribution in [0.1, 0.15) is 31.0 Å². The fraction of sp³-hybridized carbons (Fsp3) is 0.333. The number of hydrogen-bond donors (Lipinski definition) is 2. The highest BCUT2D eigenvalue weighted by Crippen LogP contribution is 2.31. The summed E-state index contributed by atoms with van der Waals surface area (Å²) in [6, 6.07) is 4.07. The predicted molar refractivity (Wildman–Crippen MR) is 69.2 cm³/mol. The summed E-state index contributed by atoms with van der Waals surface area (Å²) in [4.78, 5) is 3.45. The molecule has 0 amide bonds. The van der Waals surface area contributed by atoms with E-state index in [1.54, 1.807) is 0 Å². The number of anilines is 1. The van der Waals surface area contributed by atoms with Crippen LogP contribution in [-0.2, 0) is 0 Å². The summed E-state index contributed by atoms with van der Waals surface area (Å²) in [6.07, 6.45) is 0. The number of H-pyrrole nitrogens is 1. The van der Waals surface area contributed by atoms with Gasteiger partial charge in [-0.3, -0.25) is 0 Å². The zero-order valence-electron chi connectivity index (χ0n) is 9.19. The SMILES string of the molecule is Cc1c(C(C)C)[nH]c2cc(Br)c(N)cc12. The van der Waals surface area contributed by atoms with Crippen molar-refractivity contribution in [1.82, 2.24) is 4.98 Å². The van der Waals surface area contributed by atoms with Gasteiger partial charge in [0.15, 0.2) is 0 Å². The molecule has 0 atom stereocenters. The first-order valence-corrected chi connectivity index (χ1v) is 5.87. The Hall–Kier alpha value is -0.960. The number of nitrogen functional groups attached to an aromatic ring is 1. The monoisotopic (exact) mass is 266 g/mol. The summed E-state index contributed by atoms with van der Waals surface area (Å²) < 4.78 is 0.951. The van der Waals surface area contributed by atoms with Crippen LogP contribution in [0.3, 0.4) is 0 Å². The van der Waals surface area contributed by atoms with Crippen molar-refractivity contribution in [1.29, 1.82) is 0 Å². The van der Waals surface area contributed by atoms with Crippen LogP contribution in [-0.4, -0.2) is 4.98 Å². The van der Waals surface area contributed by atoms with Crippen LogP contribution in [0.25, 0.3) is 10.9 Å². The highest BCUT2D eigenvalue weighted by molar-refractivity contribution is 9.10. The minimum Gasteiger partial charge on any atom is -0.398 e. The van der Waals surface area contributed by atoms with Gasteiger partial charge in [-0.15, -0.1) is 0 Å². The Morgan fingerprint density at radius 1 is 1.33 bits per heavy atom. The Morgan fingerprint density at radius 3 is 2.60 bits per heavy atom. The normalized spacial score (nSPS) is 11.5. The van der Waals surface area contributed by atoms with E-state index in [-0.39, 0.29) is 0 Å². The van der Waals surface area contributed by atoms with Crippen molar-refractivity contribution in [2.24, 2.45) is 0 Å². The molecule has 1 aromatic heterocycles. The second-order valence-electron chi connectivity index (χ2n) is 4.24. The third-order valence-electron chi connectivity index (χ3n) is 2.79. The molecule has 0 bridgehead atoms. The average molecular weight is 267 g/mol.